The Morgan fingerprint density at radius 2 is 1.89 bits per heavy atom. The summed E-state index contributed by atoms with van der Waals surface area (Å²) in [6.07, 6.45) is 1.15. The van der Waals surface area contributed by atoms with Crippen LogP contribution < -0.4 is 4.80 Å². The maximum atomic E-state index is 12.4. The lowest BCUT2D eigenvalue weighted by atomic mass is 10.1. The summed E-state index contributed by atoms with van der Waals surface area (Å²) in [4.78, 5) is 27.7. The molecule has 0 aliphatic carbocycles. The maximum absolute atomic E-state index is 12.4. The third kappa shape index (κ3) is 4.18. The molecule has 0 bridgehead atoms. The number of carbonyl (C=O) groups is 1. The van der Waals surface area contributed by atoms with E-state index < -0.39 is 14.8 Å². The summed E-state index contributed by atoms with van der Waals surface area (Å²) in [5.41, 5.74) is 1.42. The predicted molar refractivity (Wildman–Crippen MR) is 106 cm³/mol. The van der Waals surface area contributed by atoms with Gasteiger partial charge in [0.25, 0.3) is 11.6 Å². The number of aromatic nitrogens is 1. The van der Waals surface area contributed by atoms with E-state index in [4.69, 9.17) is 0 Å². The summed E-state index contributed by atoms with van der Waals surface area (Å²) in [5, 5.41) is 11.0. The Hall–Kier alpha value is -2.85. The van der Waals surface area contributed by atoms with Gasteiger partial charge in [0.15, 0.2) is 14.6 Å². The Kier molecular flexibility index (Phi) is 5.43. The fraction of sp³-hybridized carbons (Fsp3) is 0.222. The zero-order chi connectivity index (χ0) is 20.5. The van der Waals surface area contributed by atoms with E-state index in [9.17, 15) is 23.3 Å². The molecule has 8 nitrogen and oxygen atoms in total. The summed E-state index contributed by atoms with van der Waals surface area (Å²) >= 11 is 1.22. The standard InChI is InChI=1S/C18H17N3O5S2/c1-3-20-15-9-6-13(21(23)24)11-16(15)27-18(20)19-17(22)10-12-4-7-14(8-5-12)28(2,25)26/h4-9,11H,3,10H2,1-2H3. The number of fused-ring (bicyclic) bond motifs is 1. The monoisotopic (exact) mass is 419 g/mol. The lowest BCUT2D eigenvalue weighted by Crippen LogP contribution is -2.16. The first-order valence-corrected chi connectivity index (χ1v) is 11.0. The van der Waals surface area contributed by atoms with Crippen LogP contribution in [0.3, 0.4) is 0 Å². The van der Waals surface area contributed by atoms with Gasteiger partial charge in [-0.05, 0) is 30.7 Å². The third-order valence-corrected chi connectivity index (χ3v) is 6.29. The van der Waals surface area contributed by atoms with E-state index in [0.29, 0.717) is 21.6 Å². The van der Waals surface area contributed by atoms with Crippen molar-refractivity contribution < 1.29 is 18.1 Å². The van der Waals surface area contributed by atoms with E-state index in [0.717, 1.165) is 11.8 Å². The second-order valence-electron chi connectivity index (χ2n) is 6.14. The molecule has 0 saturated carbocycles. The summed E-state index contributed by atoms with van der Waals surface area (Å²) in [5.74, 6) is -0.379. The molecule has 0 fully saturated rings. The quantitative estimate of drug-likeness (QED) is 0.466. The van der Waals surface area contributed by atoms with Crippen molar-refractivity contribution in [3.8, 4) is 0 Å². The number of hydrogen-bond acceptors (Lipinski definition) is 6. The Labute approximate surface area is 164 Å². The molecule has 0 spiro atoms. The second-order valence-corrected chi connectivity index (χ2v) is 9.16. The SMILES string of the molecule is CCn1c(=NC(=O)Cc2ccc(S(C)(=O)=O)cc2)sc2cc([N+](=O)[O-])ccc21. The number of nitro benzene ring substituents is 1. The van der Waals surface area contributed by atoms with E-state index in [2.05, 4.69) is 4.99 Å². The molecule has 28 heavy (non-hydrogen) atoms. The fourth-order valence-corrected chi connectivity index (χ4v) is 4.52. The van der Waals surface area contributed by atoms with Crippen LogP contribution in [0.5, 0.6) is 0 Å². The van der Waals surface area contributed by atoms with Crippen molar-refractivity contribution in [2.24, 2.45) is 4.99 Å². The van der Waals surface area contributed by atoms with Crippen LogP contribution in [0.1, 0.15) is 12.5 Å². The number of non-ortho nitro benzene ring substituents is 1. The molecule has 0 N–H and O–H groups in total. The first kappa shape index (κ1) is 19.9. The molecule has 1 heterocycles. The summed E-state index contributed by atoms with van der Waals surface area (Å²) in [7, 11) is -3.29. The smallest absolute Gasteiger partial charge is 0.270 e. The van der Waals surface area contributed by atoms with Gasteiger partial charge in [0.05, 0.1) is 26.5 Å². The zero-order valence-electron chi connectivity index (χ0n) is 15.2. The average molecular weight is 419 g/mol. The topological polar surface area (TPSA) is 112 Å². The minimum Gasteiger partial charge on any atom is -0.317 e. The van der Waals surface area contributed by atoms with Gasteiger partial charge in [-0.2, -0.15) is 4.99 Å². The first-order chi connectivity index (χ1) is 13.2. The van der Waals surface area contributed by atoms with Gasteiger partial charge in [0.1, 0.15) is 0 Å². The average Bonchev–Trinajstić information content (AvgIpc) is 2.97. The summed E-state index contributed by atoms with van der Waals surface area (Å²) in [6.45, 7) is 2.47. The van der Waals surface area contributed by atoms with Gasteiger partial charge in [-0.3, -0.25) is 14.9 Å². The molecular formula is C18H17N3O5S2. The summed E-state index contributed by atoms with van der Waals surface area (Å²) < 4.78 is 25.5. The van der Waals surface area contributed by atoms with Crippen molar-refractivity contribution in [1.82, 2.24) is 4.57 Å². The van der Waals surface area contributed by atoms with Crippen molar-refractivity contribution in [2.75, 3.05) is 6.26 Å². The lowest BCUT2D eigenvalue weighted by molar-refractivity contribution is -0.384. The highest BCUT2D eigenvalue weighted by atomic mass is 32.2. The highest BCUT2D eigenvalue weighted by Crippen LogP contribution is 2.23. The Morgan fingerprint density at radius 3 is 2.46 bits per heavy atom. The Morgan fingerprint density at radius 1 is 1.21 bits per heavy atom. The molecule has 0 atom stereocenters. The molecule has 0 unspecified atom stereocenters. The van der Waals surface area contributed by atoms with E-state index in [1.807, 2.05) is 11.5 Å². The number of carbonyl (C=O) groups excluding carboxylic acids is 1. The first-order valence-electron chi connectivity index (χ1n) is 8.33. The fourth-order valence-electron chi connectivity index (χ4n) is 2.74. The van der Waals surface area contributed by atoms with Crippen LogP contribution in [-0.4, -0.2) is 30.1 Å². The van der Waals surface area contributed by atoms with Crippen LogP contribution >= 0.6 is 11.3 Å². The zero-order valence-corrected chi connectivity index (χ0v) is 16.8. The molecular weight excluding hydrogens is 402 g/mol. The van der Waals surface area contributed by atoms with Crippen LogP contribution in [0.2, 0.25) is 0 Å². The highest BCUT2D eigenvalue weighted by molar-refractivity contribution is 7.90. The predicted octanol–water partition coefficient (Wildman–Crippen LogP) is 2.70. The van der Waals surface area contributed by atoms with E-state index in [1.54, 1.807) is 18.2 Å². The molecule has 0 aliphatic rings. The second kappa shape index (κ2) is 7.64. The number of nitrogens with zero attached hydrogens (tertiary/aromatic N) is 3. The highest BCUT2D eigenvalue weighted by Gasteiger charge is 2.12. The van der Waals surface area contributed by atoms with Crippen LogP contribution in [0.15, 0.2) is 52.4 Å². The van der Waals surface area contributed by atoms with Crippen LogP contribution in [0.4, 0.5) is 5.69 Å². The van der Waals surface area contributed by atoms with Crippen molar-refractivity contribution >= 4 is 43.0 Å². The number of benzene rings is 2. The van der Waals surface area contributed by atoms with Gasteiger partial charge in [0, 0.05) is 24.9 Å². The number of nitro groups is 1. The molecule has 3 rings (SSSR count). The minimum absolute atomic E-state index is 0.0131. The molecule has 0 radical (unpaired) electrons. The van der Waals surface area contributed by atoms with Crippen LogP contribution in [0, 0.1) is 10.1 Å². The Balaban J connectivity index is 1.92. The van der Waals surface area contributed by atoms with Crippen molar-refractivity contribution in [3.63, 3.8) is 0 Å². The van der Waals surface area contributed by atoms with Crippen molar-refractivity contribution in [1.29, 1.82) is 0 Å². The van der Waals surface area contributed by atoms with E-state index in [-0.39, 0.29) is 22.9 Å². The lowest BCUT2D eigenvalue weighted by Gasteiger charge is -2.01. The van der Waals surface area contributed by atoms with E-state index in [1.165, 1.54) is 35.6 Å². The number of amides is 1. The number of hydrogen-bond donors (Lipinski definition) is 0. The Bertz CT molecular complexity index is 1240. The van der Waals surface area contributed by atoms with Crippen LogP contribution in [-0.2, 0) is 27.6 Å². The molecule has 146 valence electrons. The number of rotatable bonds is 5. The van der Waals surface area contributed by atoms with Crippen molar-refractivity contribution in [3.05, 3.63) is 62.9 Å². The number of aryl methyl sites for hydroxylation is 1. The van der Waals surface area contributed by atoms with Crippen LogP contribution in [0.25, 0.3) is 10.2 Å². The third-order valence-electron chi connectivity index (χ3n) is 4.12. The van der Waals surface area contributed by atoms with Crippen molar-refractivity contribution in [2.45, 2.75) is 24.8 Å². The molecule has 2 aromatic carbocycles. The van der Waals surface area contributed by atoms with Gasteiger partial charge in [0.2, 0.25) is 0 Å². The molecule has 10 heteroatoms. The molecule has 1 amide bonds. The molecule has 3 aromatic rings. The van der Waals surface area contributed by atoms with Gasteiger partial charge in [-0.25, -0.2) is 8.42 Å². The maximum Gasteiger partial charge on any atom is 0.270 e. The van der Waals surface area contributed by atoms with Gasteiger partial charge in [-0.15, -0.1) is 0 Å². The molecule has 0 saturated heterocycles. The minimum atomic E-state index is -3.29. The van der Waals surface area contributed by atoms with E-state index >= 15 is 0 Å². The molecule has 0 aliphatic heterocycles. The van der Waals surface area contributed by atoms with Gasteiger partial charge in [-0.1, -0.05) is 23.5 Å². The normalized spacial score (nSPS) is 12.4. The number of thiazole rings is 1. The largest absolute Gasteiger partial charge is 0.317 e. The summed E-state index contributed by atoms with van der Waals surface area (Å²) in [6, 6.07) is 10.7. The van der Waals surface area contributed by atoms with Gasteiger partial charge < -0.3 is 4.57 Å². The number of sulfone groups is 1. The van der Waals surface area contributed by atoms with Gasteiger partial charge >= 0.3 is 0 Å². The molecule has 1 aromatic heterocycles.